The van der Waals surface area contributed by atoms with E-state index in [1.54, 1.807) is 6.08 Å². The summed E-state index contributed by atoms with van der Waals surface area (Å²) in [7, 11) is 0. The van der Waals surface area contributed by atoms with E-state index in [9.17, 15) is 5.26 Å². The maximum absolute atomic E-state index is 9.36. The third-order valence-corrected chi connectivity index (χ3v) is 3.80. The van der Waals surface area contributed by atoms with Crippen LogP contribution in [-0.2, 0) is 0 Å². The maximum atomic E-state index is 9.36. The summed E-state index contributed by atoms with van der Waals surface area (Å²) in [5, 5.41) is 13.3. The number of halogens is 1. The zero-order chi connectivity index (χ0) is 16.2. The van der Waals surface area contributed by atoms with Crippen LogP contribution in [0.3, 0.4) is 0 Å². The lowest BCUT2D eigenvalue weighted by molar-refractivity contribution is 0.409. The second-order valence-electron chi connectivity index (χ2n) is 5.01. The average Bonchev–Trinajstić information content (AvgIpc) is 3.05. The Hall–Kier alpha value is -2.71. The molecule has 0 saturated carbocycles. The van der Waals surface area contributed by atoms with E-state index in [1.165, 1.54) is 0 Å². The number of nitriles is 1. The molecule has 3 rings (SSSR count). The van der Waals surface area contributed by atoms with Crippen LogP contribution in [0.4, 0.5) is 0 Å². The number of aromatic nitrogens is 2. The van der Waals surface area contributed by atoms with Gasteiger partial charge in [-0.25, -0.2) is 0 Å². The van der Waals surface area contributed by atoms with Gasteiger partial charge < -0.3 is 4.52 Å². The van der Waals surface area contributed by atoms with Crippen LogP contribution in [0.25, 0.3) is 23.0 Å². The van der Waals surface area contributed by atoms with Crippen molar-refractivity contribution >= 4 is 27.6 Å². The molecule has 0 saturated heterocycles. The van der Waals surface area contributed by atoms with Crippen LogP contribution < -0.4 is 0 Å². The molecule has 5 heteroatoms. The largest absolute Gasteiger partial charge is 0.333 e. The summed E-state index contributed by atoms with van der Waals surface area (Å²) in [4.78, 5) is 4.32. The highest BCUT2D eigenvalue weighted by Gasteiger charge is 2.12. The molecule has 0 unspecified atom stereocenters. The molecule has 4 nitrogen and oxygen atoms in total. The summed E-state index contributed by atoms with van der Waals surface area (Å²) in [5.41, 5.74) is 3.23. The molecule has 23 heavy (non-hydrogen) atoms. The number of aryl methyl sites for hydroxylation is 1. The molecule has 0 atom stereocenters. The molecule has 0 fully saturated rings. The topological polar surface area (TPSA) is 62.7 Å². The highest BCUT2D eigenvalue weighted by molar-refractivity contribution is 9.10. The molecule has 2 aromatic carbocycles. The SMILES string of the molecule is Cc1ccc(-c2noc(/C(C#N)=C/c3ccc(Br)cc3)n2)cc1. The zero-order valence-corrected chi connectivity index (χ0v) is 13.9. The Labute approximate surface area is 142 Å². The van der Waals surface area contributed by atoms with Crippen LogP contribution in [0, 0.1) is 18.3 Å². The number of hydrogen-bond acceptors (Lipinski definition) is 4. The van der Waals surface area contributed by atoms with E-state index in [4.69, 9.17) is 4.52 Å². The van der Waals surface area contributed by atoms with E-state index >= 15 is 0 Å². The van der Waals surface area contributed by atoms with Gasteiger partial charge in [0, 0.05) is 10.0 Å². The Morgan fingerprint density at radius 2 is 1.83 bits per heavy atom. The molecule has 0 amide bonds. The van der Waals surface area contributed by atoms with Gasteiger partial charge in [0.2, 0.25) is 5.82 Å². The van der Waals surface area contributed by atoms with Crippen molar-refractivity contribution < 1.29 is 4.52 Å². The van der Waals surface area contributed by atoms with Crippen molar-refractivity contribution in [2.45, 2.75) is 6.92 Å². The fourth-order valence-corrected chi connectivity index (χ4v) is 2.28. The molecule has 0 aliphatic heterocycles. The van der Waals surface area contributed by atoms with Gasteiger partial charge in [-0.15, -0.1) is 0 Å². The summed E-state index contributed by atoms with van der Waals surface area (Å²) < 4.78 is 6.22. The summed E-state index contributed by atoms with van der Waals surface area (Å²) in [6, 6.07) is 17.5. The minimum atomic E-state index is 0.214. The Morgan fingerprint density at radius 1 is 1.13 bits per heavy atom. The van der Waals surface area contributed by atoms with Crippen molar-refractivity contribution in [3.05, 3.63) is 70.0 Å². The van der Waals surface area contributed by atoms with Gasteiger partial charge >= 0.3 is 0 Å². The first-order valence-electron chi connectivity index (χ1n) is 6.94. The summed E-state index contributed by atoms with van der Waals surface area (Å²) in [6.45, 7) is 2.01. The van der Waals surface area contributed by atoms with Crippen LogP contribution in [-0.4, -0.2) is 10.1 Å². The van der Waals surface area contributed by atoms with Crippen molar-refractivity contribution in [2.75, 3.05) is 0 Å². The Kier molecular flexibility index (Phi) is 4.35. The smallest absolute Gasteiger partial charge is 0.268 e. The molecule has 0 bridgehead atoms. The number of hydrogen-bond donors (Lipinski definition) is 0. The predicted molar refractivity (Wildman–Crippen MR) is 92.1 cm³/mol. The Bertz CT molecular complexity index is 887. The van der Waals surface area contributed by atoms with Crippen LogP contribution in [0.5, 0.6) is 0 Å². The van der Waals surface area contributed by atoms with Crippen LogP contribution in [0.1, 0.15) is 17.0 Å². The summed E-state index contributed by atoms with van der Waals surface area (Å²) in [5.74, 6) is 0.683. The van der Waals surface area contributed by atoms with E-state index in [0.717, 1.165) is 21.2 Å². The number of nitrogens with zero attached hydrogens (tertiary/aromatic N) is 3. The molecule has 0 aliphatic carbocycles. The number of rotatable bonds is 3. The molecule has 0 spiro atoms. The number of benzene rings is 2. The van der Waals surface area contributed by atoms with Crippen LogP contribution in [0.2, 0.25) is 0 Å². The van der Waals surface area contributed by atoms with Crippen molar-refractivity contribution in [3.8, 4) is 17.5 Å². The lowest BCUT2D eigenvalue weighted by Gasteiger charge is -1.95. The van der Waals surface area contributed by atoms with Gasteiger partial charge in [-0.3, -0.25) is 0 Å². The van der Waals surface area contributed by atoms with Crippen molar-refractivity contribution in [3.63, 3.8) is 0 Å². The lowest BCUT2D eigenvalue weighted by Crippen LogP contribution is -1.84. The minimum absolute atomic E-state index is 0.214. The first-order valence-corrected chi connectivity index (χ1v) is 7.73. The predicted octanol–water partition coefficient (Wildman–Crippen LogP) is 4.87. The molecule has 1 heterocycles. The standard InChI is InChI=1S/C18H12BrN3O/c1-12-2-6-14(7-3-12)17-21-18(23-22-17)15(11-20)10-13-4-8-16(19)9-5-13/h2-10H,1H3/b15-10+. The molecule has 112 valence electrons. The third-order valence-electron chi connectivity index (χ3n) is 3.27. The summed E-state index contributed by atoms with van der Waals surface area (Å²) >= 11 is 3.38. The van der Waals surface area contributed by atoms with Gasteiger partial charge in [-0.1, -0.05) is 63.0 Å². The van der Waals surface area contributed by atoms with E-state index in [0.29, 0.717) is 11.4 Å². The highest BCUT2D eigenvalue weighted by atomic mass is 79.9. The minimum Gasteiger partial charge on any atom is -0.333 e. The van der Waals surface area contributed by atoms with E-state index in [1.807, 2.05) is 55.5 Å². The van der Waals surface area contributed by atoms with Crippen molar-refractivity contribution in [1.82, 2.24) is 10.1 Å². The zero-order valence-electron chi connectivity index (χ0n) is 12.3. The average molecular weight is 366 g/mol. The van der Waals surface area contributed by atoms with E-state index in [-0.39, 0.29) is 5.89 Å². The normalized spacial score (nSPS) is 11.3. The quantitative estimate of drug-likeness (QED) is 0.621. The molecule has 3 aromatic rings. The highest BCUT2D eigenvalue weighted by Crippen LogP contribution is 2.22. The molecule has 1 aromatic heterocycles. The van der Waals surface area contributed by atoms with Crippen LogP contribution in [0.15, 0.2) is 57.5 Å². The molecule has 0 N–H and O–H groups in total. The molecular formula is C18H12BrN3O. The van der Waals surface area contributed by atoms with Gasteiger partial charge in [-0.05, 0) is 30.7 Å². The fourth-order valence-electron chi connectivity index (χ4n) is 2.02. The molecule has 0 radical (unpaired) electrons. The van der Waals surface area contributed by atoms with Crippen LogP contribution >= 0.6 is 15.9 Å². The molecule has 0 aliphatic rings. The van der Waals surface area contributed by atoms with Gasteiger partial charge in [0.15, 0.2) is 0 Å². The second kappa shape index (κ2) is 6.59. The second-order valence-corrected chi connectivity index (χ2v) is 5.93. The van der Waals surface area contributed by atoms with Gasteiger partial charge in [-0.2, -0.15) is 10.2 Å². The van der Waals surface area contributed by atoms with Gasteiger partial charge in [0.25, 0.3) is 5.89 Å². The number of allylic oxidation sites excluding steroid dienone is 1. The lowest BCUT2D eigenvalue weighted by atomic mass is 10.1. The van der Waals surface area contributed by atoms with Gasteiger partial charge in [0.05, 0.1) is 0 Å². The Morgan fingerprint density at radius 3 is 2.48 bits per heavy atom. The summed E-state index contributed by atoms with van der Waals surface area (Å²) in [6.07, 6.45) is 1.72. The first-order chi connectivity index (χ1) is 11.2. The maximum Gasteiger partial charge on any atom is 0.268 e. The first kappa shape index (κ1) is 15.2. The monoisotopic (exact) mass is 365 g/mol. The van der Waals surface area contributed by atoms with E-state index < -0.39 is 0 Å². The van der Waals surface area contributed by atoms with Crippen molar-refractivity contribution in [2.24, 2.45) is 0 Å². The Balaban J connectivity index is 1.92. The van der Waals surface area contributed by atoms with E-state index in [2.05, 4.69) is 32.1 Å². The molecular weight excluding hydrogens is 354 g/mol. The van der Waals surface area contributed by atoms with Crippen molar-refractivity contribution in [1.29, 1.82) is 5.26 Å². The fraction of sp³-hybridized carbons (Fsp3) is 0.0556. The third kappa shape index (κ3) is 3.55. The van der Waals surface area contributed by atoms with Gasteiger partial charge in [0.1, 0.15) is 11.6 Å².